The number of amides is 1. The Kier molecular flexibility index (Phi) is 5.36. The molecule has 2 atom stereocenters. The quantitative estimate of drug-likeness (QED) is 0.845. The van der Waals surface area contributed by atoms with E-state index < -0.39 is 0 Å². The first-order valence-electron chi connectivity index (χ1n) is 8.79. The van der Waals surface area contributed by atoms with Gasteiger partial charge < -0.3 is 5.32 Å². The van der Waals surface area contributed by atoms with Crippen LogP contribution in [0, 0.1) is 0 Å². The van der Waals surface area contributed by atoms with E-state index in [1.165, 1.54) is 16.0 Å². The van der Waals surface area contributed by atoms with Gasteiger partial charge in [0.1, 0.15) is 0 Å². The average molecular weight is 343 g/mol. The smallest absolute Gasteiger partial charge is 0.238 e. The van der Waals surface area contributed by atoms with E-state index in [1.54, 1.807) is 0 Å². The lowest BCUT2D eigenvalue weighted by molar-refractivity contribution is -0.117. The second kappa shape index (κ2) is 7.49. The highest BCUT2D eigenvalue weighted by Crippen LogP contribution is 2.32. The van der Waals surface area contributed by atoms with Gasteiger partial charge in [-0.25, -0.2) is 0 Å². The lowest BCUT2D eigenvalue weighted by atomic mass is 9.97. The highest BCUT2D eigenvalue weighted by atomic mass is 32.1. The standard InChI is InChI=1S/C20H26N2OS/c1-4-14(2)16-7-5-6-8-18(16)21-20(23)13-22-11-9-19-17(15(22)3)10-12-24-19/h5-8,10,12,14-15H,4,9,11,13H2,1-3H3,(H,21,23)/t14-,15+/m0/s1. The van der Waals surface area contributed by atoms with Crippen molar-refractivity contribution in [2.75, 3.05) is 18.4 Å². The molecule has 1 N–H and O–H groups in total. The van der Waals surface area contributed by atoms with Gasteiger partial charge in [-0.1, -0.05) is 32.0 Å². The van der Waals surface area contributed by atoms with Crippen LogP contribution >= 0.6 is 11.3 Å². The van der Waals surface area contributed by atoms with Crippen molar-refractivity contribution in [3.63, 3.8) is 0 Å². The van der Waals surface area contributed by atoms with Crippen LogP contribution in [0.15, 0.2) is 35.7 Å². The van der Waals surface area contributed by atoms with Crippen molar-refractivity contribution in [1.29, 1.82) is 0 Å². The molecule has 1 aliphatic heterocycles. The van der Waals surface area contributed by atoms with Crippen molar-refractivity contribution in [1.82, 2.24) is 4.90 Å². The number of benzene rings is 1. The van der Waals surface area contributed by atoms with Crippen LogP contribution in [-0.2, 0) is 11.2 Å². The van der Waals surface area contributed by atoms with E-state index in [0.717, 1.165) is 25.1 Å². The third-order valence-electron chi connectivity index (χ3n) is 5.13. The zero-order chi connectivity index (χ0) is 17.1. The number of nitrogens with zero attached hydrogens (tertiary/aromatic N) is 1. The van der Waals surface area contributed by atoms with Crippen LogP contribution in [0.4, 0.5) is 5.69 Å². The molecule has 3 rings (SSSR count). The summed E-state index contributed by atoms with van der Waals surface area (Å²) in [4.78, 5) is 16.3. The summed E-state index contributed by atoms with van der Waals surface area (Å²) in [7, 11) is 0. The number of nitrogens with one attached hydrogen (secondary N) is 1. The number of rotatable bonds is 5. The molecule has 0 bridgehead atoms. The van der Waals surface area contributed by atoms with E-state index in [2.05, 4.69) is 48.5 Å². The normalized spacial score (nSPS) is 18.9. The van der Waals surface area contributed by atoms with Gasteiger partial charge in [-0.05, 0) is 54.3 Å². The third kappa shape index (κ3) is 3.55. The number of hydrogen-bond donors (Lipinski definition) is 1. The molecule has 24 heavy (non-hydrogen) atoms. The van der Waals surface area contributed by atoms with Gasteiger partial charge >= 0.3 is 0 Å². The molecule has 0 spiro atoms. The van der Waals surface area contributed by atoms with Crippen LogP contribution in [-0.4, -0.2) is 23.9 Å². The minimum absolute atomic E-state index is 0.0799. The summed E-state index contributed by atoms with van der Waals surface area (Å²) < 4.78 is 0. The molecule has 128 valence electrons. The zero-order valence-corrected chi connectivity index (χ0v) is 15.5. The number of carbonyl (C=O) groups excluding carboxylic acids is 1. The molecule has 3 nitrogen and oxygen atoms in total. The molecular weight excluding hydrogens is 316 g/mol. The molecule has 0 fully saturated rings. The van der Waals surface area contributed by atoms with E-state index in [0.29, 0.717) is 18.5 Å². The predicted octanol–water partition coefficient (Wildman–Crippen LogP) is 4.82. The molecule has 0 saturated carbocycles. The fraction of sp³-hybridized carbons (Fsp3) is 0.450. The Morgan fingerprint density at radius 2 is 2.17 bits per heavy atom. The Labute approximate surface area is 148 Å². The summed E-state index contributed by atoms with van der Waals surface area (Å²) in [6.07, 6.45) is 2.12. The van der Waals surface area contributed by atoms with E-state index in [-0.39, 0.29) is 5.91 Å². The fourth-order valence-corrected chi connectivity index (χ4v) is 4.37. The summed E-state index contributed by atoms with van der Waals surface area (Å²) >= 11 is 1.83. The number of para-hydroxylation sites is 1. The molecule has 2 heterocycles. The Balaban J connectivity index is 1.67. The van der Waals surface area contributed by atoms with Crippen LogP contribution < -0.4 is 5.32 Å². The van der Waals surface area contributed by atoms with Crippen molar-refractivity contribution < 1.29 is 4.79 Å². The van der Waals surface area contributed by atoms with Crippen LogP contribution in [0.5, 0.6) is 0 Å². The maximum Gasteiger partial charge on any atom is 0.238 e. The van der Waals surface area contributed by atoms with Gasteiger partial charge in [-0.3, -0.25) is 9.69 Å². The molecule has 0 saturated heterocycles. The lowest BCUT2D eigenvalue weighted by Crippen LogP contribution is -2.39. The Bertz CT molecular complexity index is 709. The minimum Gasteiger partial charge on any atom is -0.325 e. The third-order valence-corrected chi connectivity index (χ3v) is 6.13. The second-order valence-corrected chi connectivity index (χ2v) is 7.64. The Hall–Kier alpha value is -1.65. The first-order valence-corrected chi connectivity index (χ1v) is 9.67. The molecule has 1 amide bonds. The summed E-state index contributed by atoms with van der Waals surface area (Å²) in [6.45, 7) is 7.98. The Morgan fingerprint density at radius 1 is 1.38 bits per heavy atom. The highest BCUT2D eigenvalue weighted by Gasteiger charge is 2.26. The molecular formula is C20H26N2OS. The van der Waals surface area contributed by atoms with Crippen LogP contribution in [0.25, 0.3) is 0 Å². The van der Waals surface area contributed by atoms with Gasteiger partial charge in [-0.15, -0.1) is 11.3 Å². The predicted molar refractivity (Wildman–Crippen MR) is 102 cm³/mol. The summed E-state index contributed by atoms with van der Waals surface area (Å²) in [5.74, 6) is 0.528. The van der Waals surface area contributed by atoms with Crippen molar-refractivity contribution >= 4 is 22.9 Å². The van der Waals surface area contributed by atoms with Gasteiger partial charge in [0.2, 0.25) is 5.91 Å². The summed E-state index contributed by atoms with van der Waals surface area (Å²) in [5, 5.41) is 5.29. The van der Waals surface area contributed by atoms with Gasteiger partial charge in [0.15, 0.2) is 0 Å². The number of carbonyl (C=O) groups is 1. The average Bonchev–Trinajstić information content (AvgIpc) is 3.06. The summed E-state index contributed by atoms with van der Waals surface area (Å²) in [5.41, 5.74) is 3.57. The van der Waals surface area contributed by atoms with Crippen molar-refractivity contribution in [2.45, 2.75) is 45.6 Å². The number of fused-ring (bicyclic) bond motifs is 1. The van der Waals surface area contributed by atoms with Crippen LogP contribution in [0.1, 0.15) is 55.2 Å². The van der Waals surface area contributed by atoms with E-state index in [1.807, 2.05) is 29.5 Å². The SMILES string of the molecule is CC[C@H](C)c1ccccc1NC(=O)CN1CCc2sccc2[C@H]1C. The Morgan fingerprint density at radius 3 is 2.96 bits per heavy atom. The number of anilines is 1. The van der Waals surface area contributed by atoms with Gasteiger partial charge in [0, 0.05) is 23.2 Å². The second-order valence-electron chi connectivity index (χ2n) is 6.64. The van der Waals surface area contributed by atoms with Crippen molar-refractivity contribution in [2.24, 2.45) is 0 Å². The zero-order valence-electron chi connectivity index (χ0n) is 14.7. The maximum absolute atomic E-state index is 12.6. The van der Waals surface area contributed by atoms with Gasteiger partial charge in [-0.2, -0.15) is 0 Å². The largest absolute Gasteiger partial charge is 0.325 e. The lowest BCUT2D eigenvalue weighted by Gasteiger charge is -2.33. The van der Waals surface area contributed by atoms with E-state index in [9.17, 15) is 4.79 Å². The molecule has 1 aliphatic rings. The van der Waals surface area contributed by atoms with Gasteiger partial charge in [0.05, 0.1) is 6.54 Å². The summed E-state index contributed by atoms with van der Waals surface area (Å²) in [6, 6.07) is 10.7. The van der Waals surface area contributed by atoms with Gasteiger partial charge in [0.25, 0.3) is 0 Å². The molecule has 4 heteroatoms. The first-order chi connectivity index (χ1) is 11.6. The number of thiophene rings is 1. The van der Waals surface area contributed by atoms with Crippen LogP contribution in [0.2, 0.25) is 0 Å². The molecule has 0 unspecified atom stereocenters. The topological polar surface area (TPSA) is 32.3 Å². The first kappa shape index (κ1) is 17.2. The van der Waals surface area contributed by atoms with E-state index >= 15 is 0 Å². The molecule has 1 aromatic carbocycles. The van der Waals surface area contributed by atoms with Crippen molar-refractivity contribution in [3.8, 4) is 0 Å². The molecule has 2 aromatic rings. The fourth-order valence-electron chi connectivity index (χ4n) is 3.41. The monoisotopic (exact) mass is 342 g/mol. The minimum atomic E-state index is 0.0799. The highest BCUT2D eigenvalue weighted by molar-refractivity contribution is 7.10. The molecule has 0 radical (unpaired) electrons. The molecule has 0 aliphatic carbocycles. The molecule has 1 aromatic heterocycles. The number of hydrogen-bond acceptors (Lipinski definition) is 3. The van der Waals surface area contributed by atoms with Crippen molar-refractivity contribution in [3.05, 3.63) is 51.7 Å². The van der Waals surface area contributed by atoms with Crippen LogP contribution in [0.3, 0.4) is 0 Å². The van der Waals surface area contributed by atoms with E-state index in [4.69, 9.17) is 0 Å². The maximum atomic E-state index is 12.6.